The summed E-state index contributed by atoms with van der Waals surface area (Å²) >= 11 is 0. The highest BCUT2D eigenvalue weighted by Crippen LogP contribution is 2.20. The van der Waals surface area contributed by atoms with E-state index in [1.165, 1.54) is 6.20 Å². The zero-order chi connectivity index (χ0) is 14.5. The van der Waals surface area contributed by atoms with Gasteiger partial charge in [-0.05, 0) is 25.9 Å². The van der Waals surface area contributed by atoms with E-state index in [-0.39, 0.29) is 11.5 Å². The summed E-state index contributed by atoms with van der Waals surface area (Å²) in [6.45, 7) is 6.94. The van der Waals surface area contributed by atoms with Gasteiger partial charge in [0, 0.05) is 19.6 Å². The summed E-state index contributed by atoms with van der Waals surface area (Å²) in [6, 6.07) is 0. The number of anilines is 2. The third-order valence-corrected chi connectivity index (χ3v) is 3.39. The van der Waals surface area contributed by atoms with Crippen LogP contribution in [0.1, 0.15) is 19.8 Å². The van der Waals surface area contributed by atoms with Gasteiger partial charge in [0.25, 0.3) is 0 Å². The Morgan fingerprint density at radius 1 is 1.40 bits per heavy atom. The van der Waals surface area contributed by atoms with Gasteiger partial charge in [0.1, 0.15) is 6.20 Å². The van der Waals surface area contributed by atoms with Crippen molar-refractivity contribution in [2.75, 3.05) is 43.4 Å². The minimum Gasteiger partial charge on any atom is -0.378 e. The summed E-state index contributed by atoms with van der Waals surface area (Å²) in [5.41, 5.74) is 5.37. The first kappa shape index (κ1) is 14.4. The van der Waals surface area contributed by atoms with Crippen LogP contribution < -0.4 is 10.6 Å². The molecule has 0 atom stereocenters. The average molecular weight is 280 g/mol. The molecule has 0 unspecified atom stereocenters. The molecule has 1 aliphatic rings. The number of nitrogens with zero attached hydrogens (tertiary/aromatic N) is 5. The molecule has 0 bridgehead atoms. The topological polar surface area (TPSA) is 101 Å². The van der Waals surface area contributed by atoms with E-state index in [1.807, 2.05) is 4.90 Å². The van der Waals surface area contributed by atoms with E-state index >= 15 is 0 Å². The quantitative estimate of drug-likeness (QED) is 0.645. The highest BCUT2D eigenvalue weighted by molar-refractivity contribution is 5.53. The van der Waals surface area contributed by atoms with E-state index in [0.29, 0.717) is 5.95 Å². The molecule has 0 aromatic carbocycles. The van der Waals surface area contributed by atoms with Crippen molar-refractivity contribution in [1.29, 1.82) is 0 Å². The zero-order valence-corrected chi connectivity index (χ0v) is 11.7. The highest BCUT2D eigenvalue weighted by atomic mass is 16.6. The van der Waals surface area contributed by atoms with E-state index in [2.05, 4.69) is 21.8 Å². The SMILES string of the molecule is CCCN1CCCN(c2ncc([N+](=O)[O-])c(N)n2)CC1. The molecule has 0 amide bonds. The fourth-order valence-electron chi connectivity index (χ4n) is 2.38. The van der Waals surface area contributed by atoms with Gasteiger partial charge in [-0.15, -0.1) is 0 Å². The maximum Gasteiger partial charge on any atom is 0.329 e. The van der Waals surface area contributed by atoms with Gasteiger partial charge in [-0.25, -0.2) is 4.98 Å². The second-order valence-electron chi connectivity index (χ2n) is 4.88. The number of hydrogen-bond acceptors (Lipinski definition) is 7. The average Bonchev–Trinajstić information content (AvgIpc) is 2.64. The molecule has 110 valence electrons. The summed E-state index contributed by atoms with van der Waals surface area (Å²) in [7, 11) is 0. The monoisotopic (exact) mass is 280 g/mol. The number of rotatable bonds is 4. The van der Waals surface area contributed by atoms with Crippen molar-refractivity contribution in [1.82, 2.24) is 14.9 Å². The van der Waals surface area contributed by atoms with Crippen LogP contribution in [0.3, 0.4) is 0 Å². The third kappa shape index (κ3) is 3.32. The van der Waals surface area contributed by atoms with Crippen LogP contribution in [-0.2, 0) is 0 Å². The van der Waals surface area contributed by atoms with Gasteiger partial charge < -0.3 is 15.5 Å². The minimum absolute atomic E-state index is 0.0744. The van der Waals surface area contributed by atoms with Crippen LogP contribution in [0.5, 0.6) is 0 Å². The summed E-state index contributed by atoms with van der Waals surface area (Å²) < 4.78 is 0. The molecule has 2 rings (SSSR count). The predicted molar refractivity (Wildman–Crippen MR) is 76.7 cm³/mol. The van der Waals surface area contributed by atoms with Gasteiger partial charge in [0.2, 0.25) is 11.8 Å². The Balaban J connectivity index is 2.08. The second-order valence-corrected chi connectivity index (χ2v) is 4.88. The maximum atomic E-state index is 10.7. The van der Waals surface area contributed by atoms with Crippen molar-refractivity contribution in [2.24, 2.45) is 0 Å². The molecule has 1 aliphatic heterocycles. The first-order valence-corrected chi connectivity index (χ1v) is 6.86. The third-order valence-electron chi connectivity index (χ3n) is 3.39. The maximum absolute atomic E-state index is 10.7. The summed E-state index contributed by atoms with van der Waals surface area (Å²) in [5.74, 6) is 0.404. The smallest absolute Gasteiger partial charge is 0.329 e. The summed E-state index contributed by atoms with van der Waals surface area (Å²) in [4.78, 5) is 22.7. The van der Waals surface area contributed by atoms with Crippen LogP contribution in [0.4, 0.5) is 17.5 Å². The number of nitrogen functional groups attached to an aromatic ring is 1. The number of hydrogen-bond donors (Lipinski definition) is 1. The molecule has 2 N–H and O–H groups in total. The number of aromatic nitrogens is 2. The van der Waals surface area contributed by atoms with Crippen molar-refractivity contribution in [2.45, 2.75) is 19.8 Å². The molecular weight excluding hydrogens is 260 g/mol. The van der Waals surface area contributed by atoms with Gasteiger partial charge >= 0.3 is 5.69 Å². The van der Waals surface area contributed by atoms with E-state index in [0.717, 1.165) is 45.6 Å². The van der Waals surface area contributed by atoms with Crippen LogP contribution in [0.25, 0.3) is 0 Å². The molecular formula is C12H20N6O2. The zero-order valence-electron chi connectivity index (χ0n) is 11.7. The Kier molecular flexibility index (Phi) is 4.67. The molecule has 1 aromatic rings. The van der Waals surface area contributed by atoms with Gasteiger partial charge in [-0.3, -0.25) is 10.1 Å². The lowest BCUT2D eigenvalue weighted by molar-refractivity contribution is -0.384. The van der Waals surface area contributed by atoms with E-state index in [1.54, 1.807) is 0 Å². The fraction of sp³-hybridized carbons (Fsp3) is 0.667. The van der Waals surface area contributed by atoms with Gasteiger partial charge in [0.05, 0.1) is 4.92 Å². The van der Waals surface area contributed by atoms with Crippen molar-refractivity contribution in [3.05, 3.63) is 16.3 Å². The van der Waals surface area contributed by atoms with Crippen LogP contribution in [-0.4, -0.2) is 52.5 Å². The Hall–Kier alpha value is -1.96. The van der Waals surface area contributed by atoms with Gasteiger partial charge in [-0.2, -0.15) is 4.98 Å². The fourth-order valence-corrected chi connectivity index (χ4v) is 2.38. The minimum atomic E-state index is -0.565. The molecule has 0 spiro atoms. The molecule has 1 aromatic heterocycles. The largest absolute Gasteiger partial charge is 0.378 e. The van der Waals surface area contributed by atoms with Crippen molar-refractivity contribution in [3.63, 3.8) is 0 Å². The lowest BCUT2D eigenvalue weighted by atomic mass is 10.3. The molecule has 0 radical (unpaired) electrons. The van der Waals surface area contributed by atoms with Crippen LogP contribution >= 0.6 is 0 Å². The predicted octanol–water partition coefficient (Wildman–Crippen LogP) is 0.889. The standard InChI is InChI=1S/C12H20N6O2/c1-2-4-16-5-3-6-17(8-7-16)12-14-9-10(18(19)20)11(13)15-12/h9H,2-8H2,1H3,(H2,13,14,15). The molecule has 8 heteroatoms. The van der Waals surface area contributed by atoms with Crippen LogP contribution in [0.15, 0.2) is 6.20 Å². The number of nitrogens with two attached hydrogens (primary N) is 1. The molecule has 0 aliphatic carbocycles. The van der Waals surface area contributed by atoms with Crippen LogP contribution in [0, 0.1) is 10.1 Å². The Morgan fingerprint density at radius 2 is 2.20 bits per heavy atom. The first-order chi connectivity index (χ1) is 9.61. The van der Waals surface area contributed by atoms with Gasteiger partial charge in [-0.1, -0.05) is 6.92 Å². The first-order valence-electron chi connectivity index (χ1n) is 6.86. The summed E-state index contributed by atoms with van der Waals surface area (Å²) in [5, 5.41) is 10.7. The Labute approximate surface area is 117 Å². The molecule has 0 saturated carbocycles. The molecule has 2 heterocycles. The highest BCUT2D eigenvalue weighted by Gasteiger charge is 2.20. The van der Waals surface area contributed by atoms with E-state index < -0.39 is 4.92 Å². The van der Waals surface area contributed by atoms with Crippen molar-refractivity contribution >= 4 is 17.5 Å². The number of nitro groups is 1. The van der Waals surface area contributed by atoms with Crippen molar-refractivity contribution in [3.8, 4) is 0 Å². The lowest BCUT2D eigenvalue weighted by Gasteiger charge is -2.21. The van der Waals surface area contributed by atoms with E-state index in [4.69, 9.17) is 5.73 Å². The molecule has 1 fully saturated rings. The molecule has 8 nitrogen and oxygen atoms in total. The molecule has 20 heavy (non-hydrogen) atoms. The normalized spacial score (nSPS) is 16.9. The lowest BCUT2D eigenvalue weighted by Crippen LogP contribution is -2.32. The molecule has 1 saturated heterocycles. The van der Waals surface area contributed by atoms with Crippen molar-refractivity contribution < 1.29 is 4.92 Å². The summed E-state index contributed by atoms with van der Waals surface area (Å²) in [6.07, 6.45) is 3.35. The Morgan fingerprint density at radius 3 is 2.85 bits per heavy atom. The van der Waals surface area contributed by atoms with Crippen LogP contribution in [0.2, 0.25) is 0 Å². The Bertz CT molecular complexity index is 481. The van der Waals surface area contributed by atoms with E-state index in [9.17, 15) is 10.1 Å². The second kappa shape index (κ2) is 6.47. The van der Waals surface area contributed by atoms with Gasteiger partial charge in [0.15, 0.2) is 0 Å².